The average Bonchev–Trinajstić information content (AvgIpc) is 3.04. The Bertz CT molecular complexity index is 921. The molecule has 2 N–H and O–H groups in total. The number of carbonyl (C=O) groups is 2. The van der Waals surface area contributed by atoms with Crippen LogP contribution < -0.4 is 5.32 Å². The minimum atomic E-state index is -0.933. The molecule has 7 heteroatoms. The zero-order valence-corrected chi connectivity index (χ0v) is 14.2. The molecule has 2 aromatic carbocycles. The fourth-order valence-electron chi connectivity index (χ4n) is 2.52. The van der Waals surface area contributed by atoms with Crippen LogP contribution in [-0.2, 0) is 27.3 Å². The Morgan fingerprint density at radius 2 is 1.92 bits per heavy atom. The van der Waals surface area contributed by atoms with Crippen molar-refractivity contribution < 1.29 is 18.7 Å². The molecule has 26 heavy (non-hydrogen) atoms. The number of rotatable bonds is 6. The molecule has 1 amide bonds. The summed E-state index contributed by atoms with van der Waals surface area (Å²) in [5.74, 6) is -1.28. The van der Waals surface area contributed by atoms with Gasteiger partial charge in [0.15, 0.2) is 6.10 Å². The number of fused-ring (bicyclic) bond motifs is 1. The molecule has 0 radical (unpaired) electrons. The highest BCUT2D eigenvalue weighted by Crippen LogP contribution is 2.16. The zero-order chi connectivity index (χ0) is 18.5. The van der Waals surface area contributed by atoms with Gasteiger partial charge in [0, 0.05) is 11.9 Å². The van der Waals surface area contributed by atoms with Crippen molar-refractivity contribution >= 4 is 22.8 Å². The summed E-state index contributed by atoms with van der Waals surface area (Å²) in [5, 5.41) is 10.4. The Hall–Kier alpha value is -3.22. The number of nitrogens with zero attached hydrogens (tertiary/aromatic N) is 1. The number of benzene rings is 2. The summed E-state index contributed by atoms with van der Waals surface area (Å²) in [7, 11) is 0. The van der Waals surface area contributed by atoms with E-state index in [4.69, 9.17) is 4.74 Å². The van der Waals surface area contributed by atoms with Gasteiger partial charge in [-0.05, 0) is 30.7 Å². The van der Waals surface area contributed by atoms with Crippen LogP contribution in [-0.4, -0.2) is 28.2 Å². The molecule has 134 valence electrons. The van der Waals surface area contributed by atoms with Crippen molar-refractivity contribution in [2.75, 3.05) is 0 Å². The van der Waals surface area contributed by atoms with Crippen LogP contribution in [0.2, 0.25) is 0 Å². The van der Waals surface area contributed by atoms with E-state index >= 15 is 0 Å². The van der Waals surface area contributed by atoms with E-state index < -0.39 is 18.0 Å². The van der Waals surface area contributed by atoms with E-state index in [1.54, 1.807) is 12.1 Å². The number of halogens is 1. The lowest BCUT2D eigenvalue weighted by molar-refractivity contribution is -0.154. The van der Waals surface area contributed by atoms with Crippen LogP contribution in [0.5, 0.6) is 0 Å². The third kappa shape index (κ3) is 4.24. The molecule has 0 aliphatic carbocycles. The van der Waals surface area contributed by atoms with Gasteiger partial charge in [-0.3, -0.25) is 14.7 Å². The number of hydrogen-bond acceptors (Lipinski definition) is 4. The topological polar surface area (TPSA) is 84.1 Å². The largest absolute Gasteiger partial charge is 0.452 e. The quantitative estimate of drug-likeness (QED) is 0.666. The van der Waals surface area contributed by atoms with Gasteiger partial charge < -0.3 is 10.1 Å². The van der Waals surface area contributed by atoms with Gasteiger partial charge in [-0.15, -0.1) is 0 Å². The Labute approximate surface area is 149 Å². The van der Waals surface area contributed by atoms with Crippen LogP contribution in [0.3, 0.4) is 0 Å². The number of nitrogens with one attached hydrogen (secondary N) is 2. The summed E-state index contributed by atoms with van der Waals surface area (Å²) in [5.41, 5.74) is 2.16. The smallest absolute Gasteiger partial charge is 0.312 e. The van der Waals surface area contributed by atoms with E-state index in [1.165, 1.54) is 19.1 Å². The summed E-state index contributed by atoms with van der Waals surface area (Å²) in [4.78, 5) is 24.1. The van der Waals surface area contributed by atoms with Gasteiger partial charge in [0.2, 0.25) is 0 Å². The molecule has 0 saturated heterocycles. The van der Waals surface area contributed by atoms with Crippen LogP contribution in [0.15, 0.2) is 48.5 Å². The van der Waals surface area contributed by atoms with Gasteiger partial charge >= 0.3 is 5.97 Å². The summed E-state index contributed by atoms with van der Waals surface area (Å²) in [6.45, 7) is 1.73. The Balaban J connectivity index is 1.51. The van der Waals surface area contributed by atoms with E-state index in [2.05, 4.69) is 15.5 Å². The maximum absolute atomic E-state index is 12.9. The predicted molar refractivity (Wildman–Crippen MR) is 93.6 cm³/mol. The Morgan fingerprint density at radius 1 is 1.19 bits per heavy atom. The summed E-state index contributed by atoms with van der Waals surface area (Å²) < 4.78 is 18.0. The lowest BCUT2D eigenvalue weighted by Crippen LogP contribution is -2.35. The highest BCUT2D eigenvalue weighted by molar-refractivity contribution is 5.87. The number of H-pyrrole nitrogens is 1. The van der Waals surface area contributed by atoms with Crippen molar-refractivity contribution in [1.29, 1.82) is 0 Å². The highest BCUT2D eigenvalue weighted by atomic mass is 19.1. The first-order valence-corrected chi connectivity index (χ1v) is 8.16. The molecule has 3 aromatic rings. The zero-order valence-electron chi connectivity index (χ0n) is 14.2. The number of aromatic nitrogens is 2. The molecule has 1 atom stereocenters. The molecule has 0 bridgehead atoms. The van der Waals surface area contributed by atoms with Gasteiger partial charge in [0.25, 0.3) is 5.91 Å². The number of aromatic amines is 1. The van der Waals surface area contributed by atoms with Gasteiger partial charge in [-0.2, -0.15) is 5.10 Å². The normalized spacial score (nSPS) is 11.9. The van der Waals surface area contributed by atoms with Gasteiger partial charge in [-0.1, -0.05) is 30.3 Å². The van der Waals surface area contributed by atoms with Crippen molar-refractivity contribution in [3.63, 3.8) is 0 Å². The van der Waals surface area contributed by atoms with Gasteiger partial charge in [0.05, 0.1) is 17.6 Å². The molecular formula is C19H18FN3O3. The summed E-state index contributed by atoms with van der Waals surface area (Å²) in [6.07, 6.45) is -0.937. The van der Waals surface area contributed by atoms with Crippen molar-refractivity contribution in [2.24, 2.45) is 0 Å². The van der Waals surface area contributed by atoms with Crippen LogP contribution in [0.1, 0.15) is 18.2 Å². The lowest BCUT2D eigenvalue weighted by Gasteiger charge is -2.13. The first-order valence-electron chi connectivity index (χ1n) is 8.16. The number of ether oxygens (including phenoxy) is 1. The monoisotopic (exact) mass is 355 g/mol. The Morgan fingerprint density at radius 3 is 2.69 bits per heavy atom. The van der Waals surface area contributed by atoms with Crippen LogP contribution in [0.25, 0.3) is 10.9 Å². The molecule has 0 fully saturated rings. The van der Waals surface area contributed by atoms with Crippen LogP contribution >= 0.6 is 0 Å². The SMILES string of the molecule is C[C@@H](OC(=O)Cc1[nH]nc2ccccc12)C(=O)NCc1ccc(F)cc1. The third-order valence-electron chi connectivity index (χ3n) is 3.92. The first kappa shape index (κ1) is 17.6. The van der Waals surface area contributed by atoms with E-state index in [0.29, 0.717) is 5.69 Å². The second-order valence-electron chi connectivity index (χ2n) is 5.87. The third-order valence-corrected chi connectivity index (χ3v) is 3.92. The van der Waals surface area contributed by atoms with Crippen molar-refractivity contribution in [2.45, 2.75) is 26.0 Å². The van der Waals surface area contributed by atoms with E-state index in [9.17, 15) is 14.0 Å². The minimum Gasteiger partial charge on any atom is -0.452 e. The van der Waals surface area contributed by atoms with Crippen molar-refractivity contribution in [3.05, 3.63) is 65.6 Å². The summed E-state index contributed by atoms with van der Waals surface area (Å²) >= 11 is 0. The molecule has 0 aliphatic rings. The summed E-state index contributed by atoms with van der Waals surface area (Å²) in [6, 6.07) is 13.2. The van der Waals surface area contributed by atoms with E-state index in [1.807, 2.05) is 24.3 Å². The second kappa shape index (κ2) is 7.77. The molecule has 0 spiro atoms. The highest BCUT2D eigenvalue weighted by Gasteiger charge is 2.19. The number of amides is 1. The van der Waals surface area contributed by atoms with Gasteiger partial charge in [0.1, 0.15) is 5.82 Å². The fourth-order valence-corrected chi connectivity index (χ4v) is 2.52. The number of para-hydroxylation sites is 1. The molecule has 3 rings (SSSR count). The minimum absolute atomic E-state index is 0.00387. The average molecular weight is 355 g/mol. The molecule has 1 aromatic heterocycles. The maximum Gasteiger partial charge on any atom is 0.312 e. The van der Waals surface area contributed by atoms with Crippen molar-refractivity contribution in [3.8, 4) is 0 Å². The molecule has 6 nitrogen and oxygen atoms in total. The standard InChI is InChI=1S/C19H18FN3O3/c1-12(19(25)21-11-13-6-8-14(20)9-7-13)26-18(24)10-17-15-4-2-3-5-16(15)22-23-17/h2-9,12H,10-11H2,1H3,(H,21,25)(H,22,23)/t12-/m1/s1. The van der Waals surface area contributed by atoms with E-state index in [0.717, 1.165) is 16.5 Å². The number of esters is 1. The molecule has 0 unspecified atom stereocenters. The van der Waals surface area contributed by atoms with Crippen molar-refractivity contribution in [1.82, 2.24) is 15.5 Å². The lowest BCUT2D eigenvalue weighted by atomic mass is 10.2. The number of hydrogen-bond donors (Lipinski definition) is 2. The van der Waals surface area contributed by atoms with E-state index in [-0.39, 0.29) is 18.8 Å². The molecule has 1 heterocycles. The Kier molecular flexibility index (Phi) is 5.26. The molecule has 0 saturated carbocycles. The molecule has 0 aliphatic heterocycles. The first-order chi connectivity index (χ1) is 12.5. The van der Waals surface area contributed by atoms with Gasteiger partial charge in [-0.25, -0.2) is 4.39 Å². The van der Waals surface area contributed by atoms with Crippen LogP contribution in [0, 0.1) is 5.82 Å². The second-order valence-corrected chi connectivity index (χ2v) is 5.87. The maximum atomic E-state index is 12.9. The molecular weight excluding hydrogens is 337 g/mol. The number of carbonyl (C=O) groups excluding carboxylic acids is 2. The predicted octanol–water partition coefficient (Wildman–Crippen LogP) is 2.49. The fraction of sp³-hybridized carbons (Fsp3) is 0.211. The van der Waals surface area contributed by atoms with Crippen LogP contribution in [0.4, 0.5) is 4.39 Å².